The fourth-order valence-corrected chi connectivity index (χ4v) is 1.92. The molecule has 0 fully saturated rings. The number of nitrogens with zero attached hydrogens (tertiary/aromatic N) is 2. The van der Waals surface area contributed by atoms with Gasteiger partial charge >= 0.3 is 0 Å². The zero-order valence-corrected chi connectivity index (χ0v) is 10.3. The fourth-order valence-electron chi connectivity index (χ4n) is 1.92. The third kappa shape index (κ3) is 2.32. The first-order valence-corrected chi connectivity index (χ1v) is 5.52. The molecule has 0 aliphatic rings. The van der Waals surface area contributed by atoms with Gasteiger partial charge in [-0.3, -0.25) is 10.1 Å². The van der Waals surface area contributed by atoms with Crippen LogP contribution in [-0.2, 0) is 6.54 Å². The summed E-state index contributed by atoms with van der Waals surface area (Å²) < 4.78 is 2.15. The zero-order valence-electron chi connectivity index (χ0n) is 10.3. The predicted octanol–water partition coefficient (Wildman–Crippen LogP) is 3.15. The van der Waals surface area contributed by atoms with Crippen LogP contribution in [0.4, 0.5) is 0 Å². The van der Waals surface area contributed by atoms with E-state index in [0.717, 1.165) is 23.5 Å². The lowest BCUT2D eigenvalue weighted by Crippen LogP contribution is -1.99. The predicted molar refractivity (Wildman–Crippen MR) is 64.8 cm³/mol. The standard InChI is InChI=1S/C12H18N2O2/c1-5-12(14(15)16)8-11-7-9(3)13(6-2)10(11)4/h7-8H,5-6H2,1-4H3. The van der Waals surface area contributed by atoms with Crippen molar-refractivity contribution in [1.82, 2.24) is 4.57 Å². The lowest BCUT2D eigenvalue weighted by Gasteiger charge is -2.04. The Morgan fingerprint density at radius 2 is 2.12 bits per heavy atom. The van der Waals surface area contributed by atoms with E-state index in [2.05, 4.69) is 11.5 Å². The third-order valence-corrected chi connectivity index (χ3v) is 2.85. The summed E-state index contributed by atoms with van der Waals surface area (Å²) in [6.45, 7) is 8.78. The van der Waals surface area contributed by atoms with E-state index in [9.17, 15) is 10.1 Å². The highest BCUT2D eigenvalue weighted by Crippen LogP contribution is 2.19. The first kappa shape index (κ1) is 12.5. The molecule has 0 unspecified atom stereocenters. The van der Waals surface area contributed by atoms with Gasteiger partial charge in [0.05, 0.1) is 4.92 Å². The maximum atomic E-state index is 10.7. The molecule has 0 aromatic carbocycles. The first-order valence-electron chi connectivity index (χ1n) is 5.52. The number of allylic oxidation sites excluding steroid dienone is 1. The van der Waals surface area contributed by atoms with Gasteiger partial charge in [-0.2, -0.15) is 0 Å². The monoisotopic (exact) mass is 222 g/mol. The summed E-state index contributed by atoms with van der Waals surface area (Å²) in [6.07, 6.45) is 2.12. The SMILES string of the molecule is CCC(=Cc1cc(C)n(CC)c1C)[N+](=O)[O-]. The van der Waals surface area contributed by atoms with Crippen LogP contribution < -0.4 is 0 Å². The second-order valence-corrected chi connectivity index (χ2v) is 3.82. The Morgan fingerprint density at radius 3 is 2.50 bits per heavy atom. The molecule has 4 heteroatoms. The summed E-state index contributed by atoms with van der Waals surface area (Å²) >= 11 is 0. The van der Waals surface area contributed by atoms with E-state index >= 15 is 0 Å². The topological polar surface area (TPSA) is 48.1 Å². The van der Waals surface area contributed by atoms with Crippen LogP contribution in [0.15, 0.2) is 11.8 Å². The molecule has 0 saturated heterocycles. The van der Waals surface area contributed by atoms with Gasteiger partial charge in [-0.15, -0.1) is 0 Å². The van der Waals surface area contributed by atoms with Gasteiger partial charge in [-0.1, -0.05) is 6.92 Å². The van der Waals surface area contributed by atoms with E-state index in [-0.39, 0.29) is 10.6 Å². The van der Waals surface area contributed by atoms with Gasteiger partial charge in [0.2, 0.25) is 5.70 Å². The average Bonchev–Trinajstić information content (AvgIpc) is 2.49. The third-order valence-electron chi connectivity index (χ3n) is 2.85. The minimum absolute atomic E-state index is 0.261. The number of aryl methyl sites for hydroxylation is 1. The van der Waals surface area contributed by atoms with Gasteiger partial charge in [0.1, 0.15) is 0 Å². The second kappa shape index (κ2) is 4.96. The summed E-state index contributed by atoms with van der Waals surface area (Å²) in [5.41, 5.74) is 3.45. The largest absolute Gasteiger partial charge is 0.349 e. The maximum Gasteiger partial charge on any atom is 0.246 e. The molecule has 1 aromatic heterocycles. The van der Waals surface area contributed by atoms with Gasteiger partial charge in [-0.25, -0.2) is 0 Å². The Kier molecular flexibility index (Phi) is 3.88. The lowest BCUT2D eigenvalue weighted by atomic mass is 10.2. The highest BCUT2D eigenvalue weighted by molar-refractivity contribution is 5.55. The van der Waals surface area contributed by atoms with E-state index in [1.807, 2.05) is 19.9 Å². The molecule has 1 heterocycles. The molecule has 0 aliphatic heterocycles. The van der Waals surface area contributed by atoms with Crippen molar-refractivity contribution in [3.8, 4) is 0 Å². The minimum Gasteiger partial charge on any atom is -0.349 e. The summed E-state index contributed by atoms with van der Waals surface area (Å²) in [4.78, 5) is 10.4. The first-order chi connectivity index (χ1) is 7.51. The van der Waals surface area contributed by atoms with Crippen molar-refractivity contribution in [2.45, 2.75) is 40.7 Å². The van der Waals surface area contributed by atoms with Crippen LogP contribution in [0.1, 0.15) is 37.2 Å². The Morgan fingerprint density at radius 1 is 1.50 bits per heavy atom. The Hall–Kier alpha value is -1.58. The highest BCUT2D eigenvalue weighted by Gasteiger charge is 2.11. The van der Waals surface area contributed by atoms with E-state index in [1.54, 1.807) is 13.0 Å². The second-order valence-electron chi connectivity index (χ2n) is 3.82. The average molecular weight is 222 g/mol. The molecule has 0 saturated carbocycles. The molecular formula is C12H18N2O2. The number of aromatic nitrogens is 1. The number of hydrogen-bond acceptors (Lipinski definition) is 2. The Labute approximate surface area is 95.7 Å². The van der Waals surface area contributed by atoms with Gasteiger partial charge in [-0.05, 0) is 26.8 Å². The summed E-state index contributed by atoms with van der Waals surface area (Å²) in [6, 6.07) is 2.00. The smallest absolute Gasteiger partial charge is 0.246 e. The van der Waals surface area contributed by atoms with Crippen LogP contribution in [0, 0.1) is 24.0 Å². The lowest BCUT2D eigenvalue weighted by molar-refractivity contribution is -0.425. The van der Waals surface area contributed by atoms with Crippen LogP contribution in [0.3, 0.4) is 0 Å². The molecule has 88 valence electrons. The summed E-state index contributed by atoms with van der Waals surface area (Å²) in [7, 11) is 0. The molecule has 0 radical (unpaired) electrons. The number of hydrogen-bond donors (Lipinski definition) is 0. The molecule has 0 bridgehead atoms. The van der Waals surface area contributed by atoms with E-state index in [0.29, 0.717) is 6.42 Å². The van der Waals surface area contributed by atoms with Crippen molar-refractivity contribution < 1.29 is 4.92 Å². The van der Waals surface area contributed by atoms with E-state index < -0.39 is 0 Å². The molecule has 4 nitrogen and oxygen atoms in total. The van der Waals surface area contributed by atoms with Crippen LogP contribution in [0.2, 0.25) is 0 Å². The van der Waals surface area contributed by atoms with Crippen molar-refractivity contribution in [3.05, 3.63) is 38.8 Å². The van der Waals surface area contributed by atoms with E-state index in [4.69, 9.17) is 0 Å². The van der Waals surface area contributed by atoms with Crippen LogP contribution in [0.5, 0.6) is 0 Å². The zero-order chi connectivity index (χ0) is 12.3. The molecular weight excluding hydrogens is 204 g/mol. The normalized spacial score (nSPS) is 11.9. The van der Waals surface area contributed by atoms with Crippen LogP contribution >= 0.6 is 0 Å². The Bertz CT molecular complexity index is 430. The maximum absolute atomic E-state index is 10.7. The molecule has 0 N–H and O–H groups in total. The van der Waals surface area contributed by atoms with Gasteiger partial charge in [0, 0.05) is 36.0 Å². The molecule has 0 atom stereocenters. The molecule has 0 aliphatic carbocycles. The van der Waals surface area contributed by atoms with Crippen molar-refractivity contribution in [2.75, 3.05) is 0 Å². The molecule has 1 rings (SSSR count). The molecule has 16 heavy (non-hydrogen) atoms. The summed E-state index contributed by atoms with van der Waals surface area (Å²) in [5.74, 6) is 0. The molecule has 0 amide bonds. The summed E-state index contributed by atoms with van der Waals surface area (Å²) in [5, 5.41) is 10.7. The van der Waals surface area contributed by atoms with Crippen molar-refractivity contribution in [2.24, 2.45) is 0 Å². The van der Waals surface area contributed by atoms with Gasteiger partial charge in [0.15, 0.2) is 0 Å². The molecule has 0 spiro atoms. The molecule has 1 aromatic rings. The van der Waals surface area contributed by atoms with Crippen LogP contribution in [0.25, 0.3) is 6.08 Å². The highest BCUT2D eigenvalue weighted by atomic mass is 16.6. The number of nitro groups is 1. The van der Waals surface area contributed by atoms with Crippen LogP contribution in [-0.4, -0.2) is 9.49 Å². The Balaban J connectivity index is 3.19. The van der Waals surface area contributed by atoms with E-state index in [1.165, 1.54) is 0 Å². The fraction of sp³-hybridized carbons (Fsp3) is 0.500. The van der Waals surface area contributed by atoms with Gasteiger partial charge in [0.25, 0.3) is 0 Å². The quantitative estimate of drug-likeness (QED) is 0.580. The van der Waals surface area contributed by atoms with Gasteiger partial charge < -0.3 is 4.57 Å². The van der Waals surface area contributed by atoms with Crippen molar-refractivity contribution >= 4 is 6.08 Å². The van der Waals surface area contributed by atoms with Crippen molar-refractivity contribution in [3.63, 3.8) is 0 Å². The number of rotatable bonds is 4. The minimum atomic E-state index is -0.307. The van der Waals surface area contributed by atoms with Crippen molar-refractivity contribution in [1.29, 1.82) is 0 Å².